The number of carbonyl (C=O) groups is 1. The summed E-state index contributed by atoms with van der Waals surface area (Å²) in [7, 11) is 0. The molecule has 1 atom stereocenters. The summed E-state index contributed by atoms with van der Waals surface area (Å²) in [6.07, 6.45) is 1.90. The normalized spacial score (nSPS) is 14.7. The Morgan fingerprint density at radius 2 is 2.00 bits per heavy atom. The minimum absolute atomic E-state index is 0.000360. The molecule has 0 aliphatic carbocycles. The molecule has 6 nitrogen and oxygen atoms in total. The third kappa shape index (κ3) is 4.13. The molecule has 134 valence electrons. The van der Waals surface area contributed by atoms with Gasteiger partial charge in [-0.1, -0.05) is 11.2 Å². The first-order valence-corrected chi connectivity index (χ1v) is 8.65. The maximum atomic E-state index is 12.3. The maximum absolute atomic E-state index is 12.3. The highest BCUT2D eigenvalue weighted by molar-refractivity contribution is 5.76. The van der Waals surface area contributed by atoms with Gasteiger partial charge in [0.05, 0.1) is 24.9 Å². The van der Waals surface area contributed by atoms with Crippen molar-refractivity contribution < 1.29 is 18.8 Å². The Morgan fingerprint density at radius 3 is 2.72 bits per heavy atom. The standard InChI is InChI=1S/C19H24N2O4/c1-12(15-5-7-17-18(11-15)24-10-4-9-23-17)20-19(22)8-6-16-13(2)21-25-14(16)3/h5,7,11-12H,4,6,8-10H2,1-3H3,(H,20,22). The van der Waals surface area contributed by atoms with E-state index in [0.29, 0.717) is 26.1 Å². The predicted molar refractivity (Wildman–Crippen MR) is 92.9 cm³/mol. The number of fused-ring (bicyclic) bond motifs is 1. The van der Waals surface area contributed by atoms with E-state index < -0.39 is 0 Å². The van der Waals surface area contributed by atoms with Crippen LogP contribution >= 0.6 is 0 Å². The van der Waals surface area contributed by atoms with Crippen molar-refractivity contribution in [1.29, 1.82) is 0 Å². The second-order valence-corrected chi connectivity index (χ2v) is 6.35. The molecule has 1 aliphatic rings. The van der Waals surface area contributed by atoms with Gasteiger partial charge in [0, 0.05) is 18.4 Å². The third-order valence-corrected chi connectivity index (χ3v) is 4.43. The fourth-order valence-corrected chi connectivity index (χ4v) is 2.94. The molecular formula is C19H24N2O4. The van der Waals surface area contributed by atoms with Crippen LogP contribution in [0.15, 0.2) is 22.7 Å². The molecule has 2 aromatic rings. The Morgan fingerprint density at radius 1 is 1.24 bits per heavy atom. The molecule has 0 radical (unpaired) electrons. The Bertz CT molecular complexity index is 734. The number of rotatable bonds is 5. The number of benzene rings is 1. The summed E-state index contributed by atoms with van der Waals surface area (Å²) in [5, 5.41) is 6.95. The van der Waals surface area contributed by atoms with Crippen molar-refractivity contribution >= 4 is 5.91 Å². The third-order valence-electron chi connectivity index (χ3n) is 4.43. The van der Waals surface area contributed by atoms with Crippen molar-refractivity contribution in [2.45, 2.75) is 46.1 Å². The number of carbonyl (C=O) groups excluding carboxylic acids is 1. The summed E-state index contributed by atoms with van der Waals surface area (Å²) in [5.74, 6) is 2.28. The van der Waals surface area contributed by atoms with Crippen LogP contribution in [-0.4, -0.2) is 24.3 Å². The van der Waals surface area contributed by atoms with Gasteiger partial charge in [0.1, 0.15) is 5.76 Å². The number of nitrogens with zero attached hydrogens (tertiary/aromatic N) is 1. The first kappa shape index (κ1) is 17.3. The first-order valence-electron chi connectivity index (χ1n) is 8.65. The fourth-order valence-electron chi connectivity index (χ4n) is 2.94. The van der Waals surface area contributed by atoms with Crippen LogP contribution in [0.5, 0.6) is 11.5 Å². The minimum atomic E-state index is -0.102. The van der Waals surface area contributed by atoms with E-state index in [-0.39, 0.29) is 11.9 Å². The molecule has 1 aliphatic heterocycles. The Kier molecular flexibility index (Phi) is 5.26. The molecule has 0 spiro atoms. The number of hydrogen-bond acceptors (Lipinski definition) is 5. The lowest BCUT2D eigenvalue weighted by Crippen LogP contribution is -2.26. The Balaban J connectivity index is 1.59. The zero-order valence-corrected chi connectivity index (χ0v) is 14.9. The van der Waals surface area contributed by atoms with Crippen LogP contribution in [0.4, 0.5) is 0 Å². The van der Waals surface area contributed by atoms with Gasteiger partial charge >= 0.3 is 0 Å². The molecular weight excluding hydrogens is 320 g/mol. The molecule has 0 fully saturated rings. The second kappa shape index (κ2) is 7.59. The molecule has 1 aromatic carbocycles. The molecule has 3 rings (SSSR count). The smallest absolute Gasteiger partial charge is 0.220 e. The van der Waals surface area contributed by atoms with Gasteiger partial charge in [-0.3, -0.25) is 4.79 Å². The average Bonchev–Trinajstić information content (AvgIpc) is 2.79. The van der Waals surface area contributed by atoms with Crippen LogP contribution in [0.2, 0.25) is 0 Å². The molecule has 0 saturated carbocycles. The van der Waals surface area contributed by atoms with Crippen molar-refractivity contribution in [3.05, 3.63) is 40.8 Å². The SMILES string of the molecule is Cc1noc(C)c1CCC(=O)NC(C)c1ccc2c(c1)OCCCO2. The number of ether oxygens (including phenoxy) is 2. The van der Waals surface area contributed by atoms with Crippen molar-refractivity contribution in [1.82, 2.24) is 10.5 Å². The van der Waals surface area contributed by atoms with Crippen LogP contribution in [0.1, 0.15) is 48.4 Å². The largest absolute Gasteiger partial charge is 0.490 e. The highest BCUT2D eigenvalue weighted by Crippen LogP contribution is 2.32. The van der Waals surface area contributed by atoms with E-state index in [2.05, 4.69) is 10.5 Å². The van der Waals surface area contributed by atoms with Crippen molar-refractivity contribution in [3.63, 3.8) is 0 Å². The summed E-state index contributed by atoms with van der Waals surface area (Å²) < 4.78 is 16.5. The van der Waals surface area contributed by atoms with E-state index in [4.69, 9.17) is 14.0 Å². The van der Waals surface area contributed by atoms with Gasteiger partial charge in [-0.05, 0) is 44.9 Å². The lowest BCUT2D eigenvalue weighted by molar-refractivity contribution is -0.121. The molecule has 1 aromatic heterocycles. The topological polar surface area (TPSA) is 73.6 Å². The van der Waals surface area contributed by atoms with E-state index in [0.717, 1.165) is 40.5 Å². The molecule has 2 heterocycles. The zero-order chi connectivity index (χ0) is 17.8. The van der Waals surface area contributed by atoms with Crippen LogP contribution in [0.3, 0.4) is 0 Å². The first-order chi connectivity index (χ1) is 12.0. The fraction of sp³-hybridized carbons (Fsp3) is 0.474. The molecule has 0 bridgehead atoms. The van der Waals surface area contributed by atoms with Gasteiger partial charge in [0.25, 0.3) is 0 Å². The Hall–Kier alpha value is -2.50. The highest BCUT2D eigenvalue weighted by atomic mass is 16.5. The lowest BCUT2D eigenvalue weighted by Gasteiger charge is -2.16. The van der Waals surface area contributed by atoms with Gasteiger partial charge in [-0.2, -0.15) is 0 Å². The number of aryl methyl sites for hydroxylation is 2. The average molecular weight is 344 g/mol. The molecule has 6 heteroatoms. The van der Waals surface area contributed by atoms with Crippen LogP contribution < -0.4 is 14.8 Å². The highest BCUT2D eigenvalue weighted by Gasteiger charge is 2.16. The van der Waals surface area contributed by atoms with Gasteiger partial charge in [-0.15, -0.1) is 0 Å². The van der Waals surface area contributed by atoms with Crippen LogP contribution in [0.25, 0.3) is 0 Å². The number of amides is 1. The van der Waals surface area contributed by atoms with Gasteiger partial charge < -0.3 is 19.3 Å². The summed E-state index contributed by atoms with van der Waals surface area (Å²) in [5.41, 5.74) is 2.86. The second-order valence-electron chi connectivity index (χ2n) is 6.35. The minimum Gasteiger partial charge on any atom is -0.490 e. The summed E-state index contributed by atoms with van der Waals surface area (Å²) >= 11 is 0. The molecule has 1 amide bonds. The molecule has 25 heavy (non-hydrogen) atoms. The Labute approximate surface area is 147 Å². The van der Waals surface area contributed by atoms with E-state index in [1.807, 2.05) is 39.0 Å². The van der Waals surface area contributed by atoms with Gasteiger partial charge in [0.2, 0.25) is 5.91 Å². The predicted octanol–water partition coefficient (Wildman–Crippen LogP) is 3.26. The monoisotopic (exact) mass is 344 g/mol. The number of hydrogen-bond donors (Lipinski definition) is 1. The molecule has 0 saturated heterocycles. The van der Waals surface area contributed by atoms with Crippen molar-refractivity contribution in [3.8, 4) is 11.5 Å². The van der Waals surface area contributed by atoms with Gasteiger partial charge in [-0.25, -0.2) is 0 Å². The van der Waals surface area contributed by atoms with E-state index in [9.17, 15) is 4.79 Å². The summed E-state index contributed by atoms with van der Waals surface area (Å²) in [6, 6.07) is 5.71. The lowest BCUT2D eigenvalue weighted by atomic mass is 10.1. The summed E-state index contributed by atoms with van der Waals surface area (Å²) in [4.78, 5) is 12.3. The number of nitrogens with one attached hydrogen (secondary N) is 1. The molecule has 1 unspecified atom stereocenters. The van der Waals surface area contributed by atoms with Crippen LogP contribution in [-0.2, 0) is 11.2 Å². The van der Waals surface area contributed by atoms with E-state index in [1.165, 1.54) is 0 Å². The maximum Gasteiger partial charge on any atom is 0.220 e. The zero-order valence-electron chi connectivity index (χ0n) is 14.9. The van der Waals surface area contributed by atoms with Crippen LogP contribution in [0, 0.1) is 13.8 Å². The van der Waals surface area contributed by atoms with E-state index in [1.54, 1.807) is 0 Å². The summed E-state index contributed by atoms with van der Waals surface area (Å²) in [6.45, 7) is 7.04. The van der Waals surface area contributed by atoms with E-state index >= 15 is 0 Å². The van der Waals surface area contributed by atoms with Crippen molar-refractivity contribution in [2.75, 3.05) is 13.2 Å². The van der Waals surface area contributed by atoms with Gasteiger partial charge in [0.15, 0.2) is 11.5 Å². The van der Waals surface area contributed by atoms with Crippen molar-refractivity contribution in [2.24, 2.45) is 0 Å². The molecule has 1 N–H and O–H groups in total. The number of aromatic nitrogens is 1. The quantitative estimate of drug-likeness (QED) is 0.901.